The van der Waals surface area contributed by atoms with Gasteiger partial charge < -0.3 is 4.90 Å². The maximum absolute atomic E-state index is 4.27. The van der Waals surface area contributed by atoms with E-state index in [0.29, 0.717) is 6.04 Å². The van der Waals surface area contributed by atoms with E-state index < -0.39 is 0 Å². The molecule has 1 aromatic rings. The Morgan fingerprint density at radius 2 is 2.38 bits per heavy atom. The molecule has 0 aromatic carbocycles. The van der Waals surface area contributed by atoms with Gasteiger partial charge in [-0.25, -0.2) is 9.97 Å². The minimum Gasteiger partial charge on any atom is -0.354 e. The lowest BCUT2D eigenvalue weighted by molar-refractivity contribution is 0.481. The Hall–Kier alpha value is -1.12. The molecule has 2 rings (SSSR count). The van der Waals surface area contributed by atoms with Crippen molar-refractivity contribution in [2.24, 2.45) is 0 Å². The molecule has 1 fully saturated rings. The average molecular weight is 177 g/mol. The summed E-state index contributed by atoms with van der Waals surface area (Å²) < 4.78 is 0. The summed E-state index contributed by atoms with van der Waals surface area (Å²) in [5.74, 6) is 1.07. The van der Waals surface area contributed by atoms with Crippen molar-refractivity contribution in [2.45, 2.75) is 32.2 Å². The van der Waals surface area contributed by atoms with E-state index >= 15 is 0 Å². The van der Waals surface area contributed by atoms with Crippen LogP contribution in [0, 0.1) is 0 Å². The first kappa shape index (κ1) is 8.48. The van der Waals surface area contributed by atoms with Gasteiger partial charge in [0, 0.05) is 18.8 Å². The molecule has 3 nitrogen and oxygen atoms in total. The summed E-state index contributed by atoms with van der Waals surface area (Å²) >= 11 is 0. The first-order chi connectivity index (χ1) is 6.38. The molecule has 0 N–H and O–H groups in total. The predicted molar refractivity (Wildman–Crippen MR) is 52.7 cm³/mol. The van der Waals surface area contributed by atoms with Crippen LogP contribution in [0.3, 0.4) is 0 Å². The Kier molecular flexibility index (Phi) is 2.43. The molecule has 2 heterocycles. The summed E-state index contributed by atoms with van der Waals surface area (Å²) in [7, 11) is 0. The fraction of sp³-hybridized carbons (Fsp3) is 0.600. The largest absolute Gasteiger partial charge is 0.354 e. The van der Waals surface area contributed by atoms with Crippen LogP contribution in [-0.2, 0) is 0 Å². The zero-order valence-corrected chi connectivity index (χ0v) is 7.98. The third-order valence-corrected chi connectivity index (χ3v) is 2.66. The summed E-state index contributed by atoms with van der Waals surface area (Å²) in [6, 6.07) is 2.62. The first-order valence-corrected chi connectivity index (χ1v) is 4.90. The van der Waals surface area contributed by atoms with Crippen molar-refractivity contribution in [3.8, 4) is 0 Å². The van der Waals surface area contributed by atoms with E-state index in [1.165, 1.54) is 19.3 Å². The van der Waals surface area contributed by atoms with E-state index in [1.54, 1.807) is 6.33 Å². The Bertz CT molecular complexity index is 260. The SMILES string of the molecule is CC1CCCCN1c1ccncn1. The van der Waals surface area contributed by atoms with E-state index in [2.05, 4.69) is 21.8 Å². The van der Waals surface area contributed by atoms with Crippen molar-refractivity contribution in [3.05, 3.63) is 18.6 Å². The number of piperidine rings is 1. The van der Waals surface area contributed by atoms with E-state index in [9.17, 15) is 0 Å². The molecule has 70 valence electrons. The maximum Gasteiger partial charge on any atom is 0.132 e. The summed E-state index contributed by atoms with van der Waals surface area (Å²) in [5, 5.41) is 0. The van der Waals surface area contributed by atoms with Crippen LogP contribution in [0.4, 0.5) is 5.82 Å². The standard InChI is InChI=1S/C10H15N3/c1-9-4-2-3-7-13(9)10-5-6-11-8-12-10/h5-6,8-9H,2-4,7H2,1H3. The molecule has 1 aliphatic heterocycles. The second-order valence-corrected chi connectivity index (χ2v) is 3.61. The zero-order valence-electron chi connectivity index (χ0n) is 7.98. The molecule has 1 aromatic heterocycles. The zero-order chi connectivity index (χ0) is 9.10. The van der Waals surface area contributed by atoms with Crippen molar-refractivity contribution in [2.75, 3.05) is 11.4 Å². The summed E-state index contributed by atoms with van der Waals surface area (Å²) in [4.78, 5) is 10.6. The van der Waals surface area contributed by atoms with Gasteiger partial charge in [-0.05, 0) is 32.3 Å². The molecule has 0 spiro atoms. The number of aromatic nitrogens is 2. The number of nitrogens with zero attached hydrogens (tertiary/aromatic N) is 3. The number of anilines is 1. The Labute approximate surface area is 78.8 Å². The second kappa shape index (κ2) is 3.73. The van der Waals surface area contributed by atoms with E-state index in [-0.39, 0.29) is 0 Å². The highest BCUT2D eigenvalue weighted by atomic mass is 15.2. The Morgan fingerprint density at radius 1 is 1.46 bits per heavy atom. The van der Waals surface area contributed by atoms with Crippen LogP contribution in [0.25, 0.3) is 0 Å². The molecular weight excluding hydrogens is 162 g/mol. The highest BCUT2D eigenvalue weighted by Crippen LogP contribution is 2.21. The third kappa shape index (κ3) is 1.79. The van der Waals surface area contributed by atoms with Crippen LogP contribution in [0.5, 0.6) is 0 Å². The Balaban J connectivity index is 2.15. The van der Waals surface area contributed by atoms with Gasteiger partial charge in [0.25, 0.3) is 0 Å². The van der Waals surface area contributed by atoms with Crippen molar-refractivity contribution in [3.63, 3.8) is 0 Å². The minimum atomic E-state index is 0.628. The smallest absolute Gasteiger partial charge is 0.132 e. The van der Waals surface area contributed by atoms with Crippen LogP contribution in [0.1, 0.15) is 26.2 Å². The van der Waals surface area contributed by atoms with Crippen molar-refractivity contribution >= 4 is 5.82 Å². The molecule has 0 amide bonds. The predicted octanol–water partition coefficient (Wildman–Crippen LogP) is 1.86. The summed E-state index contributed by atoms with van der Waals surface area (Å²) in [6.45, 7) is 3.40. The lowest BCUT2D eigenvalue weighted by Crippen LogP contribution is -2.37. The van der Waals surface area contributed by atoms with Crippen LogP contribution in [0.15, 0.2) is 18.6 Å². The Morgan fingerprint density at radius 3 is 3.08 bits per heavy atom. The highest BCUT2D eigenvalue weighted by molar-refractivity contribution is 5.38. The minimum absolute atomic E-state index is 0.628. The van der Waals surface area contributed by atoms with Crippen molar-refractivity contribution in [1.29, 1.82) is 0 Å². The van der Waals surface area contributed by atoms with Gasteiger partial charge in [-0.3, -0.25) is 0 Å². The normalized spacial score (nSPS) is 23.2. The van der Waals surface area contributed by atoms with Gasteiger partial charge in [0.05, 0.1) is 0 Å². The number of rotatable bonds is 1. The van der Waals surface area contributed by atoms with E-state index in [0.717, 1.165) is 12.4 Å². The van der Waals surface area contributed by atoms with Gasteiger partial charge >= 0.3 is 0 Å². The van der Waals surface area contributed by atoms with Gasteiger partial charge in [0.15, 0.2) is 0 Å². The monoisotopic (exact) mass is 177 g/mol. The van der Waals surface area contributed by atoms with Crippen LogP contribution < -0.4 is 4.90 Å². The molecule has 0 bridgehead atoms. The van der Waals surface area contributed by atoms with Gasteiger partial charge in [-0.15, -0.1) is 0 Å². The fourth-order valence-electron chi connectivity index (χ4n) is 1.89. The summed E-state index contributed by atoms with van der Waals surface area (Å²) in [6.07, 6.45) is 7.35. The van der Waals surface area contributed by atoms with E-state index in [1.807, 2.05) is 12.3 Å². The maximum atomic E-state index is 4.27. The molecule has 3 heteroatoms. The second-order valence-electron chi connectivity index (χ2n) is 3.61. The molecule has 1 unspecified atom stereocenters. The van der Waals surface area contributed by atoms with Gasteiger partial charge in [0.2, 0.25) is 0 Å². The molecule has 13 heavy (non-hydrogen) atoms. The van der Waals surface area contributed by atoms with Gasteiger partial charge in [0.1, 0.15) is 12.1 Å². The van der Waals surface area contributed by atoms with Gasteiger partial charge in [-0.2, -0.15) is 0 Å². The van der Waals surface area contributed by atoms with E-state index in [4.69, 9.17) is 0 Å². The van der Waals surface area contributed by atoms with Gasteiger partial charge in [-0.1, -0.05) is 0 Å². The molecule has 0 radical (unpaired) electrons. The first-order valence-electron chi connectivity index (χ1n) is 4.90. The average Bonchev–Trinajstić information content (AvgIpc) is 2.20. The molecule has 0 saturated carbocycles. The highest BCUT2D eigenvalue weighted by Gasteiger charge is 2.18. The van der Waals surface area contributed by atoms with Crippen molar-refractivity contribution < 1.29 is 0 Å². The molecular formula is C10H15N3. The lowest BCUT2D eigenvalue weighted by Gasteiger charge is -2.34. The van der Waals surface area contributed by atoms with Crippen LogP contribution in [-0.4, -0.2) is 22.6 Å². The van der Waals surface area contributed by atoms with Crippen molar-refractivity contribution in [1.82, 2.24) is 9.97 Å². The lowest BCUT2D eigenvalue weighted by atomic mass is 10.0. The molecule has 1 atom stereocenters. The van der Waals surface area contributed by atoms with Crippen LogP contribution in [0.2, 0.25) is 0 Å². The quantitative estimate of drug-likeness (QED) is 0.655. The third-order valence-electron chi connectivity index (χ3n) is 2.66. The van der Waals surface area contributed by atoms with Crippen LogP contribution >= 0.6 is 0 Å². The number of hydrogen-bond acceptors (Lipinski definition) is 3. The molecule has 1 aliphatic rings. The topological polar surface area (TPSA) is 29.0 Å². The molecule has 0 aliphatic carbocycles. The number of hydrogen-bond donors (Lipinski definition) is 0. The summed E-state index contributed by atoms with van der Waals surface area (Å²) in [5.41, 5.74) is 0. The fourth-order valence-corrected chi connectivity index (χ4v) is 1.89. The molecule has 1 saturated heterocycles.